The van der Waals surface area contributed by atoms with Gasteiger partial charge in [0.15, 0.2) is 11.6 Å². The van der Waals surface area contributed by atoms with E-state index in [-0.39, 0.29) is 11.6 Å². The van der Waals surface area contributed by atoms with Crippen LogP contribution in [0.15, 0.2) is 48.5 Å². The van der Waals surface area contributed by atoms with Gasteiger partial charge in [0, 0.05) is 13.1 Å². The summed E-state index contributed by atoms with van der Waals surface area (Å²) in [7, 11) is 0. The maximum absolute atomic E-state index is 14.3. The molecule has 1 N–H and O–H groups in total. The summed E-state index contributed by atoms with van der Waals surface area (Å²) in [6.45, 7) is 7.43. The van der Waals surface area contributed by atoms with Crippen molar-refractivity contribution < 1.29 is 18.6 Å². The fourth-order valence-electron chi connectivity index (χ4n) is 3.36. The SMILES string of the molecule is CCCN(Cc1c(C)nn(-c2ccc(F)cc2)c1Oc1ccccc1F)C[C@@H](C)O. The van der Waals surface area contributed by atoms with Crippen LogP contribution in [0.3, 0.4) is 0 Å². The number of aryl methyl sites for hydroxylation is 1. The van der Waals surface area contributed by atoms with Gasteiger partial charge in [-0.15, -0.1) is 0 Å². The van der Waals surface area contributed by atoms with E-state index < -0.39 is 11.9 Å². The minimum Gasteiger partial charge on any atom is -0.435 e. The highest BCUT2D eigenvalue weighted by Crippen LogP contribution is 2.32. The van der Waals surface area contributed by atoms with Crippen LogP contribution in [-0.2, 0) is 6.54 Å². The third-order valence-electron chi connectivity index (χ3n) is 4.70. The molecule has 0 spiro atoms. The molecule has 0 saturated carbocycles. The van der Waals surface area contributed by atoms with Gasteiger partial charge in [-0.1, -0.05) is 19.1 Å². The second-order valence-corrected chi connectivity index (χ2v) is 7.37. The summed E-state index contributed by atoms with van der Waals surface area (Å²) in [5.74, 6) is -0.386. The molecular weight excluding hydrogens is 388 g/mol. The Hall–Kier alpha value is -2.77. The van der Waals surface area contributed by atoms with Crippen LogP contribution in [0.2, 0.25) is 0 Å². The molecule has 0 aliphatic carbocycles. The predicted octanol–water partition coefficient (Wildman–Crippen LogP) is 4.84. The Bertz CT molecular complexity index is 971. The lowest BCUT2D eigenvalue weighted by Crippen LogP contribution is -2.31. The first-order valence-corrected chi connectivity index (χ1v) is 10.1. The molecule has 160 valence electrons. The van der Waals surface area contributed by atoms with Crippen LogP contribution < -0.4 is 4.74 Å². The number of aromatic nitrogens is 2. The van der Waals surface area contributed by atoms with Gasteiger partial charge in [-0.05, 0) is 63.2 Å². The van der Waals surface area contributed by atoms with E-state index in [4.69, 9.17) is 4.74 Å². The summed E-state index contributed by atoms with van der Waals surface area (Å²) in [6.07, 6.45) is 0.432. The molecule has 3 rings (SSSR count). The Morgan fingerprint density at radius 2 is 1.83 bits per heavy atom. The fourth-order valence-corrected chi connectivity index (χ4v) is 3.36. The van der Waals surface area contributed by atoms with Crippen molar-refractivity contribution in [3.8, 4) is 17.3 Å². The normalized spacial score (nSPS) is 12.4. The summed E-state index contributed by atoms with van der Waals surface area (Å²) < 4.78 is 35.3. The highest BCUT2D eigenvalue weighted by Gasteiger charge is 2.22. The molecule has 1 aromatic heterocycles. The van der Waals surface area contributed by atoms with E-state index in [9.17, 15) is 13.9 Å². The van der Waals surface area contributed by atoms with E-state index in [0.29, 0.717) is 24.7 Å². The van der Waals surface area contributed by atoms with E-state index in [1.807, 2.05) is 6.92 Å². The van der Waals surface area contributed by atoms with E-state index in [1.54, 1.807) is 41.9 Å². The van der Waals surface area contributed by atoms with Crippen LogP contribution in [0.25, 0.3) is 5.69 Å². The van der Waals surface area contributed by atoms with E-state index >= 15 is 0 Å². The average molecular weight is 415 g/mol. The number of rotatable bonds is 9. The Morgan fingerprint density at radius 1 is 1.13 bits per heavy atom. The average Bonchev–Trinajstić information content (AvgIpc) is 2.99. The van der Waals surface area contributed by atoms with Crippen molar-refractivity contribution >= 4 is 0 Å². The molecule has 0 bridgehead atoms. The minimum atomic E-state index is -0.486. The third kappa shape index (κ3) is 5.23. The second-order valence-electron chi connectivity index (χ2n) is 7.37. The number of hydrogen-bond acceptors (Lipinski definition) is 4. The largest absolute Gasteiger partial charge is 0.435 e. The zero-order valence-corrected chi connectivity index (χ0v) is 17.5. The molecule has 0 aliphatic heterocycles. The highest BCUT2D eigenvalue weighted by molar-refractivity contribution is 5.43. The molecule has 0 saturated heterocycles. The Kier molecular flexibility index (Phi) is 7.18. The van der Waals surface area contributed by atoms with Gasteiger partial charge >= 0.3 is 0 Å². The lowest BCUT2D eigenvalue weighted by Gasteiger charge is -2.23. The number of aliphatic hydroxyl groups excluding tert-OH is 1. The summed E-state index contributed by atoms with van der Waals surface area (Å²) in [4.78, 5) is 2.11. The molecular formula is C23H27F2N3O2. The van der Waals surface area contributed by atoms with Gasteiger partial charge in [0.25, 0.3) is 0 Å². The van der Waals surface area contributed by atoms with Gasteiger partial charge in [-0.2, -0.15) is 5.10 Å². The van der Waals surface area contributed by atoms with Gasteiger partial charge in [0.2, 0.25) is 5.88 Å². The Morgan fingerprint density at radius 3 is 2.47 bits per heavy atom. The first-order chi connectivity index (χ1) is 14.4. The predicted molar refractivity (Wildman–Crippen MR) is 112 cm³/mol. The molecule has 0 unspecified atom stereocenters. The number of nitrogens with zero attached hydrogens (tertiary/aromatic N) is 3. The van der Waals surface area contributed by atoms with Gasteiger partial charge in [0.1, 0.15) is 5.82 Å². The highest BCUT2D eigenvalue weighted by atomic mass is 19.1. The van der Waals surface area contributed by atoms with Crippen LogP contribution in [0.5, 0.6) is 11.6 Å². The third-order valence-corrected chi connectivity index (χ3v) is 4.70. The summed E-state index contributed by atoms with van der Waals surface area (Å²) in [6, 6.07) is 12.1. The molecule has 0 amide bonds. The molecule has 0 radical (unpaired) electrons. The van der Waals surface area contributed by atoms with E-state index in [1.165, 1.54) is 18.2 Å². The van der Waals surface area contributed by atoms with E-state index in [0.717, 1.165) is 24.2 Å². The molecule has 5 nitrogen and oxygen atoms in total. The van der Waals surface area contributed by atoms with Gasteiger partial charge < -0.3 is 9.84 Å². The standard InChI is InChI=1S/C23H27F2N3O2/c1-4-13-27(14-16(2)29)15-20-17(3)26-28(19-11-9-18(24)10-12-19)23(20)30-22-8-6-5-7-21(22)25/h5-12,16,29H,4,13-15H2,1-3H3/t16-/m1/s1. The summed E-state index contributed by atoms with van der Waals surface area (Å²) >= 11 is 0. The second kappa shape index (κ2) is 9.82. The zero-order chi connectivity index (χ0) is 21.7. The van der Waals surface area contributed by atoms with Crippen LogP contribution in [0.4, 0.5) is 8.78 Å². The lowest BCUT2D eigenvalue weighted by molar-refractivity contribution is 0.122. The van der Waals surface area contributed by atoms with Crippen LogP contribution in [0, 0.1) is 18.6 Å². The fraction of sp³-hybridized carbons (Fsp3) is 0.348. The molecule has 7 heteroatoms. The molecule has 0 fully saturated rings. The zero-order valence-electron chi connectivity index (χ0n) is 17.5. The number of para-hydroxylation sites is 1. The number of halogens is 2. The van der Waals surface area contributed by atoms with Crippen molar-refractivity contribution in [1.82, 2.24) is 14.7 Å². The van der Waals surface area contributed by atoms with Gasteiger partial charge in [0.05, 0.1) is 23.0 Å². The molecule has 30 heavy (non-hydrogen) atoms. The summed E-state index contributed by atoms with van der Waals surface area (Å²) in [5, 5.41) is 14.5. The summed E-state index contributed by atoms with van der Waals surface area (Å²) in [5.41, 5.74) is 2.11. The lowest BCUT2D eigenvalue weighted by atomic mass is 10.2. The number of hydrogen-bond donors (Lipinski definition) is 1. The van der Waals surface area contributed by atoms with Crippen molar-refractivity contribution in [2.75, 3.05) is 13.1 Å². The first-order valence-electron chi connectivity index (χ1n) is 10.1. The maximum atomic E-state index is 14.3. The molecule has 3 aromatic rings. The van der Waals surface area contributed by atoms with Crippen molar-refractivity contribution in [3.63, 3.8) is 0 Å². The van der Waals surface area contributed by atoms with Gasteiger partial charge in [-0.25, -0.2) is 13.5 Å². The van der Waals surface area contributed by atoms with Crippen LogP contribution in [0.1, 0.15) is 31.5 Å². The van der Waals surface area contributed by atoms with Crippen LogP contribution in [-0.4, -0.2) is 39.0 Å². The smallest absolute Gasteiger partial charge is 0.227 e. The Balaban J connectivity index is 2.06. The van der Waals surface area contributed by atoms with Crippen molar-refractivity contribution in [3.05, 3.63) is 71.4 Å². The molecule has 1 atom stereocenters. The van der Waals surface area contributed by atoms with Crippen molar-refractivity contribution in [2.24, 2.45) is 0 Å². The van der Waals surface area contributed by atoms with Crippen LogP contribution >= 0.6 is 0 Å². The van der Waals surface area contributed by atoms with E-state index in [2.05, 4.69) is 16.9 Å². The number of ether oxygens (including phenoxy) is 1. The topological polar surface area (TPSA) is 50.5 Å². The Labute approximate surface area is 175 Å². The van der Waals surface area contributed by atoms with Gasteiger partial charge in [-0.3, -0.25) is 4.90 Å². The van der Waals surface area contributed by atoms with Crippen molar-refractivity contribution in [2.45, 2.75) is 39.8 Å². The first kappa shape index (κ1) is 21.9. The minimum absolute atomic E-state index is 0.0829. The maximum Gasteiger partial charge on any atom is 0.227 e. The monoisotopic (exact) mass is 415 g/mol. The quantitative estimate of drug-likeness (QED) is 0.543. The molecule has 0 aliphatic rings. The molecule has 2 aromatic carbocycles. The number of benzene rings is 2. The number of aliphatic hydroxyl groups is 1. The molecule has 1 heterocycles. The van der Waals surface area contributed by atoms with Crippen molar-refractivity contribution in [1.29, 1.82) is 0 Å².